The zero-order chi connectivity index (χ0) is 19.8. The minimum Gasteiger partial charge on any atom is -0.497 e. The molecule has 1 N–H and O–H groups in total. The summed E-state index contributed by atoms with van der Waals surface area (Å²) in [6.45, 7) is 0.162. The fourth-order valence-electron chi connectivity index (χ4n) is 2.60. The lowest BCUT2D eigenvalue weighted by Crippen LogP contribution is -2.12. The van der Waals surface area contributed by atoms with Crippen LogP contribution in [-0.4, -0.2) is 19.0 Å². The van der Waals surface area contributed by atoms with Gasteiger partial charge >= 0.3 is 5.97 Å². The number of ether oxygens (including phenoxy) is 2. The van der Waals surface area contributed by atoms with Gasteiger partial charge in [0.15, 0.2) is 0 Å². The standard InChI is InChI=1S/C23H21NO4/c1-27-21-13-9-17(10-14-21)15-22(25)28-16-18-7-11-19(12-8-18)23(26)24-20-5-3-2-4-6-20/h2-14H,15-16H2,1H3,(H,24,26). The molecule has 142 valence electrons. The number of hydrogen-bond donors (Lipinski definition) is 1. The number of carbonyl (C=O) groups is 2. The summed E-state index contributed by atoms with van der Waals surface area (Å²) in [5.74, 6) is 0.249. The summed E-state index contributed by atoms with van der Waals surface area (Å²) >= 11 is 0. The lowest BCUT2D eigenvalue weighted by molar-refractivity contribution is -0.144. The molecule has 0 bridgehead atoms. The van der Waals surface area contributed by atoms with Gasteiger partial charge in [0.1, 0.15) is 12.4 Å². The van der Waals surface area contributed by atoms with Gasteiger partial charge in [-0.25, -0.2) is 0 Å². The second kappa shape index (κ2) is 9.37. The maximum atomic E-state index is 12.2. The summed E-state index contributed by atoms with van der Waals surface area (Å²) in [6.07, 6.45) is 0.196. The van der Waals surface area contributed by atoms with E-state index < -0.39 is 0 Å². The number of nitrogens with one attached hydrogen (secondary N) is 1. The third kappa shape index (κ3) is 5.45. The van der Waals surface area contributed by atoms with E-state index in [2.05, 4.69) is 5.32 Å². The lowest BCUT2D eigenvalue weighted by Gasteiger charge is -2.08. The molecule has 0 heterocycles. The molecule has 0 aromatic heterocycles. The molecule has 0 fully saturated rings. The van der Waals surface area contributed by atoms with Crippen molar-refractivity contribution in [2.24, 2.45) is 0 Å². The molecule has 1 amide bonds. The fourth-order valence-corrected chi connectivity index (χ4v) is 2.60. The van der Waals surface area contributed by atoms with Gasteiger partial charge in [0.05, 0.1) is 13.5 Å². The number of para-hydroxylation sites is 1. The first-order valence-corrected chi connectivity index (χ1v) is 8.88. The number of anilines is 1. The van der Waals surface area contributed by atoms with Gasteiger partial charge in [0.2, 0.25) is 0 Å². The maximum absolute atomic E-state index is 12.2. The topological polar surface area (TPSA) is 64.6 Å². The predicted octanol–water partition coefficient (Wildman–Crippen LogP) is 4.23. The van der Waals surface area contributed by atoms with Crippen molar-refractivity contribution in [2.45, 2.75) is 13.0 Å². The average molecular weight is 375 g/mol. The van der Waals surface area contributed by atoms with Crippen LogP contribution >= 0.6 is 0 Å². The number of hydrogen-bond acceptors (Lipinski definition) is 4. The third-order valence-corrected chi connectivity index (χ3v) is 4.16. The highest BCUT2D eigenvalue weighted by atomic mass is 16.5. The van der Waals surface area contributed by atoms with Crippen LogP contribution in [0.3, 0.4) is 0 Å². The average Bonchev–Trinajstić information content (AvgIpc) is 2.74. The Kier molecular flexibility index (Phi) is 6.41. The summed E-state index contributed by atoms with van der Waals surface area (Å²) in [5, 5.41) is 2.83. The third-order valence-electron chi connectivity index (χ3n) is 4.16. The van der Waals surface area contributed by atoms with Crippen LogP contribution in [0.25, 0.3) is 0 Å². The van der Waals surface area contributed by atoms with Crippen LogP contribution in [0, 0.1) is 0 Å². The van der Waals surface area contributed by atoms with E-state index in [4.69, 9.17) is 9.47 Å². The highest BCUT2D eigenvalue weighted by molar-refractivity contribution is 6.04. The summed E-state index contributed by atoms with van der Waals surface area (Å²) in [7, 11) is 1.60. The molecule has 3 rings (SSSR count). The van der Waals surface area contributed by atoms with Crippen LogP contribution in [0.15, 0.2) is 78.9 Å². The first-order chi connectivity index (χ1) is 13.6. The van der Waals surface area contributed by atoms with E-state index in [-0.39, 0.29) is 24.9 Å². The molecule has 0 radical (unpaired) electrons. The van der Waals surface area contributed by atoms with Gasteiger partial charge in [0, 0.05) is 11.3 Å². The van der Waals surface area contributed by atoms with E-state index in [1.54, 1.807) is 31.4 Å². The SMILES string of the molecule is COc1ccc(CC(=O)OCc2ccc(C(=O)Nc3ccccc3)cc2)cc1. The van der Waals surface area contributed by atoms with Crippen LogP contribution in [-0.2, 0) is 22.6 Å². The molecular formula is C23H21NO4. The zero-order valence-electron chi connectivity index (χ0n) is 15.6. The second-order valence-electron chi connectivity index (χ2n) is 6.20. The molecular weight excluding hydrogens is 354 g/mol. The van der Waals surface area contributed by atoms with Crippen molar-refractivity contribution in [3.8, 4) is 5.75 Å². The molecule has 0 spiro atoms. The van der Waals surface area contributed by atoms with E-state index in [9.17, 15) is 9.59 Å². The first-order valence-electron chi connectivity index (χ1n) is 8.88. The molecule has 0 aliphatic carbocycles. The minimum atomic E-state index is -0.309. The van der Waals surface area contributed by atoms with E-state index >= 15 is 0 Å². The Labute approximate surface area is 163 Å². The second-order valence-corrected chi connectivity index (χ2v) is 6.20. The zero-order valence-corrected chi connectivity index (χ0v) is 15.6. The molecule has 28 heavy (non-hydrogen) atoms. The molecule has 5 heteroatoms. The van der Waals surface area contributed by atoms with E-state index in [1.807, 2.05) is 54.6 Å². The number of benzene rings is 3. The molecule has 5 nitrogen and oxygen atoms in total. The van der Waals surface area contributed by atoms with Gasteiger partial charge in [0.25, 0.3) is 5.91 Å². The number of esters is 1. The number of rotatable bonds is 7. The monoisotopic (exact) mass is 375 g/mol. The Hall–Kier alpha value is -3.60. The van der Waals surface area contributed by atoms with E-state index in [1.165, 1.54) is 0 Å². The quantitative estimate of drug-likeness (QED) is 0.628. The Bertz CT molecular complexity index is 919. The fraction of sp³-hybridized carbons (Fsp3) is 0.130. The molecule has 0 saturated carbocycles. The molecule has 3 aromatic carbocycles. The smallest absolute Gasteiger partial charge is 0.310 e. The Balaban J connectivity index is 1.49. The first kappa shape index (κ1) is 19.2. The van der Waals surface area contributed by atoms with Crippen molar-refractivity contribution in [2.75, 3.05) is 12.4 Å². The van der Waals surface area contributed by atoms with Crippen molar-refractivity contribution in [1.82, 2.24) is 0 Å². The van der Waals surface area contributed by atoms with Crippen molar-refractivity contribution < 1.29 is 19.1 Å². The van der Waals surface area contributed by atoms with Crippen molar-refractivity contribution in [3.05, 3.63) is 95.6 Å². The molecule has 0 atom stereocenters. The van der Waals surface area contributed by atoms with Crippen LogP contribution in [0.5, 0.6) is 5.75 Å². The van der Waals surface area contributed by atoms with Crippen LogP contribution in [0.2, 0.25) is 0 Å². The number of amides is 1. The number of carbonyl (C=O) groups excluding carboxylic acids is 2. The predicted molar refractivity (Wildman–Crippen MR) is 107 cm³/mol. The van der Waals surface area contributed by atoms with Gasteiger partial charge in [-0.15, -0.1) is 0 Å². The molecule has 0 saturated heterocycles. The summed E-state index contributed by atoms with van der Waals surface area (Å²) in [4.78, 5) is 24.2. The van der Waals surface area contributed by atoms with E-state index in [0.29, 0.717) is 5.56 Å². The lowest BCUT2D eigenvalue weighted by atomic mass is 10.1. The van der Waals surface area contributed by atoms with Crippen molar-refractivity contribution in [3.63, 3.8) is 0 Å². The van der Waals surface area contributed by atoms with Crippen LogP contribution < -0.4 is 10.1 Å². The van der Waals surface area contributed by atoms with Crippen LogP contribution in [0.4, 0.5) is 5.69 Å². The highest BCUT2D eigenvalue weighted by Gasteiger charge is 2.08. The van der Waals surface area contributed by atoms with Gasteiger partial charge in [-0.2, -0.15) is 0 Å². The molecule has 0 unspecified atom stereocenters. The van der Waals surface area contributed by atoms with E-state index in [0.717, 1.165) is 22.6 Å². The molecule has 0 aliphatic rings. The van der Waals surface area contributed by atoms with Crippen molar-refractivity contribution in [1.29, 1.82) is 0 Å². The van der Waals surface area contributed by atoms with Crippen molar-refractivity contribution >= 4 is 17.6 Å². The van der Waals surface area contributed by atoms with Gasteiger partial charge in [-0.3, -0.25) is 9.59 Å². The Morgan fingerprint density at radius 2 is 1.46 bits per heavy atom. The minimum absolute atomic E-state index is 0.162. The van der Waals surface area contributed by atoms with Gasteiger partial charge in [-0.05, 0) is 47.5 Å². The van der Waals surface area contributed by atoms with Gasteiger partial charge < -0.3 is 14.8 Å². The number of methoxy groups -OCH3 is 1. The maximum Gasteiger partial charge on any atom is 0.310 e. The van der Waals surface area contributed by atoms with Gasteiger partial charge in [-0.1, -0.05) is 42.5 Å². The molecule has 3 aromatic rings. The molecule has 0 aliphatic heterocycles. The summed E-state index contributed by atoms with van der Waals surface area (Å²) in [6, 6.07) is 23.5. The summed E-state index contributed by atoms with van der Waals surface area (Å²) < 4.78 is 10.4. The normalized spacial score (nSPS) is 10.2. The Morgan fingerprint density at radius 1 is 0.821 bits per heavy atom. The highest BCUT2D eigenvalue weighted by Crippen LogP contribution is 2.13. The Morgan fingerprint density at radius 3 is 2.11 bits per heavy atom. The summed E-state index contributed by atoms with van der Waals surface area (Å²) in [5.41, 5.74) is 2.96. The largest absolute Gasteiger partial charge is 0.497 e. The van der Waals surface area contributed by atoms with Crippen LogP contribution in [0.1, 0.15) is 21.5 Å².